The first-order valence-electron chi connectivity index (χ1n) is 12.2. The predicted octanol–water partition coefficient (Wildman–Crippen LogP) is 9.55. The second kappa shape index (κ2) is 17.2. The Morgan fingerprint density at radius 3 is 1.74 bits per heavy atom. The summed E-state index contributed by atoms with van der Waals surface area (Å²) in [5.74, 6) is 1.57. The minimum Gasteiger partial charge on any atom is -0.243 e. The average Bonchev–Trinajstić information content (AvgIpc) is 2.78. The molecule has 0 aliphatic carbocycles. The van der Waals surface area contributed by atoms with Crippen LogP contribution < -0.4 is 9.05 Å². The molecular formula is C27H40O2PS+. The van der Waals surface area contributed by atoms with E-state index in [9.17, 15) is 0 Å². The van der Waals surface area contributed by atoms with Gasteiger partial charge in [0.25, 0.3) is 11.8 Å². The molecule has 0 radical (unpaired) electrons. The smallest absolute Gasteiger partial charge is 0.243 e. The Kier molecular flexibility index (Phi) is 14.3. The van der Waals surface area contributed by atoms with Crippen LogP contribution in [0.15, 0.2) is 54.6 Å². The molecule has 0 saturated heterocycles. The van der Waals surface area contributed by atoms with Crippen molar-refractivity contribution in [1.29, 1.82) is 0 Å². The molecule has 31 heavy (non-hydrogen) atoms. The fraction of sp³-hybridized carbons (Fsp3) is 0.556. The van der Waals surface area contributed by atoms with Crippen LogP contribution >= 0.6 is 7.15 Å². The normalized spacial score (nSPS) is 11.3. The molecule has 2 aromatic rings. The van der Waals surface area contributed by atoms with Crippen molar-refractivity contribution in [3.8, 4) is 11.5 Å². The van der Waals surface area contributed by atoms with Gasteiger partial charge in [0.1, 0.15) is 0 Å². The number of aryl methyl sites for hydroxylation is 1. The van der Waals surface area contributed by atoms with E-state index in [2.05, 4.69) is 19.1 Å². The molecule has 1 atom stereocenters. The first kappa shape index (κ1) is 25.8. The zero-order valence-corrected chi connectivity index (χ0v) is 21.0. The summed E-state index contributed by atoms with van der Waals surface area (Å²) in [5, 5.41) is 0. The second-order valence-corrected chi connectivity index (χ2v) is 10.1. The quantitative estimate of drug-likeness (QED) is 0.163. The summed E-state index contributed by atoms with van der Waals surface area (Å²) >= 11 is 5.36. The van der Waals surface area contributed by atoms with E-state index in [0.717, 1.165) is 17.9 Å². The number of hydrogen-bond donors (Lipinski definition) is 0. The van der Waals surface area contributed by atoms with Gasteiger partial charge in [0.2, 0.25) is 0 Å². The third kappa shape index (κ3) is 12.9. The Bertz CT molecular complexity index is 720. The predicted molar refractivity (Wildman–Crippen MR) is 138 cm³/mol. The van der Waals surface area contributed by atoms with E-state index >= 15 is 0 Å². The van der Waals surface area contributed by atoms with Gasteiger partial charge in [0, 0.05) is 0 Å². The molecule has 170 valence electrons. The minimum absolute atomic E-state index is 0.756. The molecule has 4 heteroatoms. The highest BCUT2D eigenvalue weighted by Crippen LogP contribution is 2.31. The van der Waals surface area contributed by atoms with Gasteiger partial charge in [-0.05, 0) is 42.7 Å². The maximum atomic E-state index is 5.84. The summed E-state index contributed by atoms with van der Waals surface area (Å²) in [6, 6.07) is 17.9. The minimum atomic E-state index is -1.39. The number of unbranched alkanes of at least 4 members (excludes halogenated alkanes) is 12. The fourth-order valence-corrected chi connectivity index (χ4v) is 4.91. The summed E-state index contributed by atoms with van der Waals surface area (Å²) in [5.41, 5.74) is 1.32. The van der Waals surface area contributed by atoms with Crippen LogP contribution in [0.2, 0.25) is 0 Å². The van der Waals surface area contributed by atoms with Crippen molar-refractivity contribution in [2.45, 2.75) is 96.8 Å². The van der Waals surface area contributed by atoms with E-state index in [4.69, 9.17) is 20.9 Å². The van der Waals surface area contributed by atoms with Crippen LogP contribution in [-0.4, -0.2) is 0 Å². The van der Waals surface area contributed by atoms with Crippen molar-refractivity contribution < 1.29 is 9.05 Å². The molecule has 0 fully saturated rings. The zero-order valence-electron chi connectivity index (χ0n) is 19.3. The standard InChI is InChI=1S/C27H40O2PS/c1-2-3-4-5-6-7-8-9-10-11-12-13-15-19-25-20-18-23-27(24-25)29-30(31)28-26-21-16-14-17-22-26/h14,16-18,20-24H,2-13,15,19H2,1H3/q+1. The molecule has 0 aromatic heterocycles. The van der Waals surface area contributed by atoms with Gasteiger partial charge in [-0.25, -0.2) is 9.05 Å². The van der Waals surface area contributed by atoms with Crippen LogP contribution in [0.5, 0.6) is 11.5 Å². The lowest BCUT2D eigenvalue weighted by Crippen LogP contribution is -1.91. The van der Waals surface area contributed by atoms with Crippen molar-refractivity contribution in [1.82, 2.24) is 0 Å². The molecule has 0 heterocycles. The van der Waals surface area contributed by atoms with E-state index in [1.807, 2.05) is 42.5 Å². The van der Waals surface area contributed by atoms with Gasteiger partial charge in [-0.2, -0.15) is 0 Å². The number of benzene rings is 2. The molecule has 1 unspecified atom stereocenters. The Labute approximate surface area is 196 Å². The Balaban J connectivity index is 1.50. The lowest BCUT2D eigenvalue weighted by molar-refractivity contribution is 0.512. The van der Waals surface area contributed by atoms with Crippen LogP contribution in [0.25, 0.3) is 0 Å². The van der Waals surface area contributed by atoms with E-state index in [0.29, 0.717) is 0 Å². The van der Waals surface area contributed by atoms with Gasteiger partial charge in [-0.1, -0.05) is 114 Å². The molecule has 0 spiro atoms. The SMILES string of the molecule is CCCCCCCCCCCCCCCc1cccc(O[P+](=S)Oc2ccccc2)c1. The molecule has 0 amide bonds. The largest absolute Gasteiger partial charge is 0.626 e. The number of para-hydroxylation sites is 1. The summed E-state index contributed by atoms with van der Waals surface area (Å²) in [6.07, 6.45) is 19.2. The molecule has 2 aromatic carbocycles. The van der Waals surface area contributed by atoms with Crippen molar-refractivity contribution in [3.05, 3.63) is 60.2 Å². The number of rotatable bonds is 18. The summed E-state index contributed by atoms with van der Waals surface area (Å²) < 4.78 is 11.5. The molecule has 0 aliphatic rings. The van der Waals surface area contributed by atoms with Crippen molar-refractivity contribution >= 4 is 19.0 Å². The van der Waals surface area contributed by atoms with Crippen LogP contribution in [0.3, 0.4) is 0 Å². The van der Waals surface area contributed by atoms with Gasteiger partial charge in [-0.3, -0.25) is 0 Å². The van der Waals surface area contributed by atoms with Crippen LogP contribution in [0.1, 0.15) is 96.0 Å². The second-order valence-electron chi connectivity index (χ2n) is 8.36. The van der Waals surface area contributed by atoms with Gasteiger partial charge < -0.3 is 0 Å². The Morgan fingerprint density at radius 2 is 1.13 bits per heavy atom. The Hall–Kier alpha value is -1.44. The highest BCUT2D eigenvalue weighted by Gasteiger charge is 2.17. The fourth-order valence-electron chi connectivity index (χ4n) is 3.78. The molecular weight excluding hydrogens is 419 g/mol. The first-order valence-corrected chi connectivity index (χ1v) is 14.4. The lowest BCUT2D eigenvalue weighted by atomic mass is 10.0. The average molecular weight is 460 g/mol. The van der Waals surface area contributed by atoms with Crippen molar-refractivity contribution in [2.75, 3.05) is 0 Å². The maximum absolute atomic E-state index is 5.84. The van der Waals surface area contributed by atoms with Crippen LogP contribution in [0.4, 0.5) is 0 Å². The van der Waals surface area contributed by atoms with Crippen LogP contribution in [0, 0.1) is 0 Å². The summed E-state index contributed by atoms with van der Waals surface area (Å²) in [7, 11) is -1.39. The Morgan fingerprint density at radius 1 is 0.613 bits per heavy atom. The molecule has 0 bridgehead atoms. The third-order valence-electron chi connectivity index (χ3n) is 5.57. The van der Waals surface area contributed by atoms with Crippen molar-refractivity contribution in [3.63, 3.8) is 0 Å². The highest BCUT2D eigenvalue weighted by molar-refractivity contribution is 8.01. The molecule has 0 N–H and O–H groups in total. The highest BCUT2D eigenvalue weighted by atomic mass is 32.4. The first-order chi connectivity index (χ1) is 15.3. The van der Waals surface area contributed by atoms with Crippen LogP contribution in [-0.2, 0) is 18.2 Å². The van der Waals surface area contributed by atoms with Gasteiger partial charge in [0.15, 0.2) is 11.5 Å². The molecule has 2 rings (SSSR count). The molecule has 2 nitrogen and oxygen atoms in total. The van der Waals surface area contributed by atoms with Gasteiger partial charge >= 0.3 is 7.15 Å². The monoisotopic (exact) mass is 459 g/mol. The lowest BCUT2D eigenvalue weighted by Gasteiger charge is -2.04. The molecule has 0 aliphatic heterocycles. The molecule has 0 saturated carbocycles. The van der Waals surface area contributed by atoms with Crippen molar-refractivity contribution in [2.24, 2.45) is 0 Å². The third-order valence-corrected chi connectivity index (χ3v) is 6.74. The maximum Gasteiger partial charge on any atom is 0.626 e. The van der Waals surface area contributed by atoms with E-state index < -0.39 is 7.15 Å². The van der Waals surface area contributed by atoms with Gasteiger partial charge in [-0.15, -0.1) is 0 Å². The topological polar surface area (TPSA) is 18.5 Å². The summed E-state index contributed by atoms with van der Waals surface area (Å²) in [6.45, 7) is 2.28. The van der Waals surface area contributed by atoms with E-state index in [1.165, 1.54) is 89.0 Å². The number of hydrogen-bond acceptors (Lipinski definition) is 3. The van der Waals surface area contributed by atoms with Gasteiger partial charge in [0.05, 0.1) is 0 Å². The van der Waals surface area contributed by atoms with E-state index in [1.54, 1.807) is 0 Å². The van der Waals surface area contributed by atoms with E-state index in [-0.39, 0.29) is 0 Å². The summed E-state index contributed by atoms with van der Waals surface area (Å²) in [4.78, 5) is 0. The zero-order chi connectivity index (χ0) is 22.0.